The molecule has 0 aromatic carbocycles. The minimum Gasteiger partial charge on any atom is -0.380 e. The molecule has 3 heteroatoms. The summed E-state index contributed by atoms with van der Waals surface area (Å²) in [5.74, 6) is 0.580. The van der Waals surface area contributed by atoms with Gasteiger partial charge >= 0.3 is 0 Å². The molecular weight excluding hydrogens is 142 g/mol. The Labute approximate surface area is 66.0 Å². The fourth-order valence-corrected chi connectivity index (χ4v) is 1.49. The molecule has 2 fully saturated rings. The van der Waals surface area contributed by atoms with E-state index in [0.717, 1.165) is 13.1 Å². The second kappa shape index (κ2) is 1.97. The molecule has 1 amide bonds. The van der Waals surface area contributed by atoms with E-state index in [4.69, 9.17) is 0 Å². The fraction of sp³-hybridized carbons (Fsp3) is 0.875. The highest BCUT2D eigenvalue weighted by Crippen LogP contribution is 2.38. The molecule has 11 heavy (non-hydrogen) atoms. The molecular formula is C8H13NO2. The van der Waals surface area contributed by atoms with Crippen molar-refractivity contribution < 1.29 is 9.90 Å². The number of amides is 1. The molecule has 3 nitrogen and oxygen atoms in total. The predicted molar refractivity (Wildman–Crippen MR) is 39.9 cm³/mol. The summed E-state index contributed by atoms with van der Waals surface area (Å²) >= 11 is 0. The Balaban J connectivity index is 1.91. The first-order chi connectivity index (χ1) is 5.12. The number of aliphatic hydroxyl groups is 1. The first-order valence-electron chi connectivity index (χ1n) is 4.13. The van der Waals surface area contributed by atoms with Crippen LogP contribution < -0.4 is 0 Å². The second-order valence-corrected chi connectivity index (χ2v) is 3.85. The number of carbonyl (C=O) groups excluding carboxylic acids is 1. The molecule has 0 radical (unpaired) electrons. The molecule has 1 aliphatic heterocycles. The van der Waals surface area contributed by atoms with Gasteiger partial charge in [0.05, 0.1) is 0 Å². The van der Waals surface area contributed by atoms with E-state index in [1.54, 1.807) is 4.90 Å². The SMILES string of the molecule is CC1CN(C(=O)C2(O)CC2)C1. The molecule has 0 atom stereocenters. The van der Waals surface area contributed by atoms with Crippen LogP contribution in [-0.4, -0.2) is 34.6 Å². The van der Waals surface area contributed by atoms with Gasteiger partial charge in [0.25, 0.3) is 5.91 Å². The third-order valence-corrected chi connectivity index (χ3v) is 2.47. The monoisotopic (exact) mass is 155 g/mol. The zero-order chi connectivity index (χ0) is 8.06. The molecule has 62 valence electrons. The standard InChI is InChI=1S/C8H13NO2/c1-6-4-9(5-6)7(10)8(11)2-3-8/h6,11H,2-5H2,1H3. The maximum Gasteiger partial charge on any atom is 0.254 e. The van der Waals surface area contributed by atoms with Crippen molar-refractivity contribution in [2.24, 2.45) is 5.92 Å². The highest BCUT2D eigenvalue weighted by atomic mass is 16.3. The summed E-state index contributed by atoms with van der Waals surface area (Å²) in [6.45, 7) is 3.78. The van der Waals surface area contributed by atoms with Gasteiger partial charge in [-0.3, -0.25) is 4.79 Å². The van der Waals surface area contributed by atoms with Crippen LogP contribution in [0.15, 0.2) is 0 Å². The van der Waals surface area contributed by atoms with E-state index >= 15 is 0 Å². The number of rotatable bonds is 1. The number of hydrogen-bond acceptors (Lipinski definition) is 2. The van der Waals surface area contributed by atoms with Crippen molar-refractivity contribution in [2.45, 2.75) is 25.4 Å². The van der Waals surface area contributed by atoms with Gasteiger partial charge in [-0.15, -0.1) is 0 Å². The van der Waals surface area contributed by atoms with E-state index in [-0.39, 0.29) is 5.91 Å². The van der Waals surface area contributed by atoms with Crippen molar-refractivity contribution in [3.63, 3.8) is 0 Å². The van der Waals surface area contributed by atoms with Gasteiger partial charge in [0.1, 0.15) is 5.60 Å². The van der Waals surface area contributed by atoms with Crippen LogP contribution in [0.3, 0.4) is 0 Å². The van der Waals surface area contributed by atoms with E-state index in [2.05, 4.69) is 6.92 Å². The fourth-order valence-electron chi connectivity index (χ4n) is 1.49. The minimum absolute atomic E-state index is 0.0457. The lowest BCUT2D eigenvalue weighted by atomic mass is 10.0. The Morgan fingerprint density at radius 1 is 1.55 bits per heavy atom. The summed E-state index contributed by atoms with van der Waals surface area (Å²) in [6.07, 6.45) is 1.33. The Hall–Kier alpha value is -0.570. The van der Waals surface area contributed by atoms with E-state index in [9.17, 15) is 9.90 Å². The average molecular weight is 155 g/mol. The van der Waals surface area contributed by atoms with Crippen molar-refractivity contribution in [2.75, 3.05) is 13.1 Å². The average Bonchev–Trinajstić information content (AvgIpc) is 2.61. The highest BCUT2D eigenvalue weighted by molar-refractivity contribution is 5.88. The maximum absolute atomic E-state index is 11.3. The number of nitrogens with zero attached hydrogens (tertiary/aromatic N) is 1. The number of carbonyl (C=O) groups is 1. The van der Waals surface area contributed by atoms with Crippen LogP contribution in [-0.2, 0) is 4.79 Å². The Kier molecular flexibility index (Phi) is 1.27. The van der Waals surface area contributed by atoms with E-state index < -0.39 is 5.60 Å². The molecule has 1 saturated carbocycles. The smallest absolute Gasteiger partial charge is 0.254 e. The summed E-state index contributed by atoms with van der Waals surface area (Å²) in [5, 5.41) is 9.43. The van der Waals surface area contributed by atoms with Gasteiger partial charge in [-0.2, -0.15) is 0 Å². The third-order valence-electron chi connectivity index (χ3n) is 2.47. The Morgan fingerprint density at radius 3 is 2.45 bits per heavy atom. The highest BCUT2D eigenvalue weighted by Gasteiger charge is 2.51. The normalized spacial score (nSPS) is 28.0. The van der Waals surface area contributed by atoms with E-state index in [1.165, 1.54) is 0 Å². The van der Waals surface area contributed by atoms with Crippen LogP contribution in [0.5, 0.6) is 0 Å². The molecule has 2 aliphatic rings. The van der Waals surface area contributed by atoms with Crippen LogP contribution in [0, 0.1) is 5.92 Å². The van der Waals surface area contributed by atoms with Gasteiger partial charge in [0.15, 0.2) is 0 Å². The second-order valence-electron chi connectivity index (χ2n) is 3.85. The first-order valence-corrected chi connectivity index (χ1v) is 4.13. The van der Waals surface area contributed by atoms with Crippen molar-refractivity contribution in [1.82, 2.24) is 4.90 Å². The van der Waals surface area contributed by atoms with Gasteiger partial charge in [-0.05, 0) is 18.8 Å². The van der Waals surface area contributed by atoms with Crippen molar-refractivity contribution in [3.05, 3.63) is 0 Å². The van der Waals surface area contributed by atoms with Gasteiger partial charge in [-0.25, -0.2) is 0 Å². The van der Waals surface area contributed by atoms with E-state index in [1.807, 2.05) is 0 Å². The first kappa shape index (κ1) is 7.10. The van der Waals surface area contributed by atoms with Crippen LogP contribution >= 0.6 is 0 Å². The zero-order valence-corrected chi connectivity index (χ0v) is 6.71. The minimum atomic E-state index is -0.944. The molecule has 1 aliphatic carbocycles. The molecule has 0 aromatic rings. The summed E-state index contributed by atoms with van der Waals surface area (Å²) in [6, 6.07) is 0. The van der Waals surface area contributed by atoms with Gasteiger partial charge in [-0.1, -0.05) is 6.92 Å². The Bertz CT molecular complexity index is 192. The van der Waals surface area contributed by atoms with Gasteiger partial charge < -0.3 is 10.0 Å². The van der Waals surface area contributed by atoms with Crippen LogP contribution in [0.1, 0.15) is 19.8 Å². The van der Waals surface area contributed by atoms with Crippen molar-refractivity contribution >= 4 is 5.91 Å². The molecule has 2 rings (SSSR count). The van der Waals surface area contributed by atoms with Crippen LogP contribution in [0.2, 0.25) is 0 Å². The van der Waals surface area contributed by atoms with E-state index in [0.29, 0.717) is 18.8 Å². The summed E-state index contributed by atoms with van der Waals surface area (Å²) in [5.41, 5.74) is -0.944. The van der Waals surface area contributed by atoms with Crippen molar-refractivity contribution in [1.29, 1.82) is 0 Å². The molecule has 0 unspecified atom stereocenters. The largest absolute Gasteiger partial charge is 0.380 e. The maximum atomic E-state index is 11.3. The number of likely N-dealkylation sites (tertiary alicyclic amines) is 1. The zero-order valence-electron chi connectivity index (χ0n) is 6.71. The molecule has 0 bridgehead atoms. The van der Waals surface area contributed by atoms with Crippen molar-refractivity contribution in [3.8, 4) is 0 Å². The van der Waals surface area contributed by atoms with Gasteiger partial charge in [0.2, 0.25) is 0 Å². The predicted octanol–water partition coefficient (Wildman–Crippen LogP) is -0.0104. The van der Waals surface area contributed by atoms with Gasteiger partial charge in [0, 0.05) is 13.1 Å². The van der Waals surface area contributed by atoms with Crippen LogP contribution in [0.4, 0.5) is 0 Å². The summed E-state index contributed by atoms with van der Waals surface area (Å²) in [4.78, 5) is 13.1. The molecule has 0 aromatic heterocycles. The molecule has 0 spiro atoms. The molecule has 1 N–H and O–H groups in total. The topological polar surface area (TPSA) is 40.5 Å². The molecule has 1 saturated heterocycles. The number of hydrogen-bond donors (Lipinski definition) is 1. The lowest BCUT2D eigenvalue weighted by Crippen LogP contribution is -2.53. The quantitative estimate of drug-likeness (QED) is 0.578. The third kappa shape index (κ3) is 1.03. The Morgan fingerprint density at radius 2 is 2.09 bits per heavy atom. The lowest BCUT2D eigenvalue weighted by molar-refractivity contribution is -0.148. The molecule has 1 heterocycles. The van der Waals surface area contributed by atoms with Crippen LogP contribution in [0.25, 0.3) is 0 Å². The summed E-state index contributed by atoms with van der Waals surface area (Å²) in [7, 11) is 0. The lowest BCUT2D eigenvalue weighted by Gasteiger charge is -2.38. The summed E-state index contributed by atoms with van der Waals surface area (Å²) < 4.78 is 0.